The van der Waals surface area contributed by atoms with Crippen molar-refractivity contribution in [2.24, 2.45) is 5.41 Å². The lowest BCUT2D eigenvalue weighted by Crippen LogP contribution is -2.48. The van der Waals surface area contributed by atoms with E-state index in [2.05, 4.69) is 29.8 Å². The van der Waals surface area contributed by atoms with Crippen molar-refractivity contribution in [2.45, 2.75) is 33.1 Å². The molecule has 0 saturated carbocycles. The molecule has 0 saturated heterocycles. The first-order valence-corrected chi connectivity index (χ1v) is 8.17. The van der Waals surface area contributed by atoms with Crippen LogP contribution in [0.25, 0.3) is 0 Å². The summed E-state index contributed by atoms with van der Waals surface area (Å²) in [4.78, 5) is 26.3. The highest BCUT2D eigenvalue weighted by Crippen LogP contribution is 2.32. The second-order valence-electron chi connectivity index (χ2n) is 5.46. The Hall–Kier alpha value is -1.16. The van der Waals surface area contributed by atoms with E-state index in [0.717, 1.165) is 23.7 Å². The van der Waals surface area contributed by atoms with Crippen molar-refractivity contribution >= 4 is 27.7 Å². The van der Waals surface area contributed by atoms with E-state index in [1.165, 1.54) is 4.90 Å². The molecule has 20 heavy (non-hydrogen) atoms. The Morgan fingerprint density at radius 1 is 1.20 bits per heavy atom. The van der Waals surface area contributed by atoms with Crippen LogP contribution in [0.1, 0.15) is 42.6 Å². The third kappa shape index (κ3) is 2.66. The van der Waals surface area contributed by atoms with Gasteiger partial charge in [0.15, 0.2) is 0 Å². The first-order chi connectivity index (χ1) is 9.56. The number of fused-ring (bicyclic) bond motifs is 1. The average molecular weight is 338 g/mol. The maximum atomic E-state index is 12.5. The summed E-state index contributed by atoms with van der Waals surface area (Å²) < 4.78 is 0. The van der Waals surface area contributed by atoms with Gasteiger partial charge < -0.3 is 0 Å². The minimum absolute atomic E-state index is 0.0302. The molecule has 1 aliphatic heterocycles. The Labute approximate surface area is 128 Å². The van der Waals surface area contributed by atoms with Gasteiger partial charge in [-0.25, -0.2) is 0 Å². The summed E-state index contributed by atoms with van der Waals surface area (Å²) in [5.74, 6) is -0.231. The van der Waals surface area contributed by atoms with Gasteiger partial charge in [0, 0.05) is 17.4 Å². The highest BCUT2D eigenvalue weighted by molar-refractivity contribution is 9.09. The van der Waals surface area contributed by atoms with Crippen LogP contribution in [0, 0.1) is 5.41 Å². The zero-order valence-corrected chi connectivity index (χ0v) is 13.6. The minimum Gasteiger partial charge on any atom is -0.278 e. The van der Waals surface area contributed by atoms with Crippen LogP contribution in [0.15, 0.2) is 24.3 Å². The van der Waals surface area contributed by atoms with Gasteiger partial charge in [-0.3, -0.25) is 14.5 Å². The molecule has 0 N–H and O–H groups in total. The Kier molecular flexibility index (Phi) is 4.63. The topological polar surface area (TPSA) is 37.4 Å². The van der Waals surface area contributed by atoms with Gasteiger partial charge in [-0.2, -0.15) is 0 Å². The molecule has 1 aromatic rings. The van der Waals surface area contributed by atoms with E-state index in [1.54, 1.807) is 0 Å². The summed E-state index contributed by atoms with van der Waals surface area (Å²) in [6, 6.07) is 7.39. The first kappa shape index (κ1) is 15.2. The quantitative estimate of drug-likeness (QED) is 0.609. The first-order valence-electron chi connectivity index (χ1n) is 7.05. The molecule has 1 aromatic carbocycles. The van der Waals surface area contributed by atoms with Crippen LogP contribution in [0.3, 0.4) is 0 Å². The smallest absolute Gasteiger partial charge is 0.260 e. The van der Waals surface area contributed by atoms with Crippen molar-refractivity contribution in [1.29, 1.82) is 0 Å². The lowest BCUT2D eigenvalue weighted by molar-refractivity contribution is -0.129. The molecular weight excluding hydrogens is 318 g/mol. The predicted molar refractivity (Wildman–Crippen MR) is 83.0 cm³/mol. The molecule has 3 nitrogen and oxygen atoms in total. The second-order valence-corrected chi connectivity index (χ2v) is 6.02. The SMILES string of the molecule is CCC(CC)(CBr)CN1C(=O)Cc2ccccc2C1=O. The maximum Gasteiger partial charge on any atom is 0.260 e. The van der Waals surface area contributed by atoms with Crippen LogP contribution >= 0.6 is 15.9 Å². The maximum absolute atomic E-state index is 12.5. The second kappa shape index (κ2) is 6.08. The molecule has 1 heterocycles. The lowest BCUT2D eigenvalue weighted by Gasteiger charge is -2.37. The summed E-state index contributed by atoms with van der Waals surface area (Å²) in [5, 5.41) is 0.797. The van der Waals surface area contributed by atoms with E-state index in [0.29, 0.717) is 18.5 Å². The van der Waals surface area contributed by atoms with E-state index in [1.807, 2.05) is 24.3 Å². The fraction of sp³-hybridized carbons (Fsp3) is 0.500. The van der Waals surface area contributed by atoms with Gasteiger partial charge in [0.2, 0.25) is 5.91 Å². The number of carbonyl (C=O) groups is 2. The van der Waals surface area contributed by atoms with Crippen LogP contribution in [0.4, 0.5) is 0 Å². The van der Waals surface area contributed by atoms with E-state index in [4.69, 9.17) is 0 Å². The molecule has 4 heteroatoms. The molecule has 1 aliphatic rings. The summed E-state index contributed by atoms with van der Waals surface area (Å²) in [6.07, 6.45) is 2.20. The van der Waals surface area contributed by atoms with Crippen molar-refractivity contribution in [2.75, 3.05) is 11.9 Å². The number of carbonyl (C=O) groups excluding carboxylic acids is 2. The number of hydrogen-bond acceptors (Lipinski definition) is 2. The van der Waals surface area contributed by atoms with Gasteiger partial charge in [0.25, 0.3) is 5.91 Å². The summed E-state index contributed by atoms with van der Waals surface area (Å²) in [6.45, 7) is 4.71. The van der Waals surface area contributed by atoms with E-state index in [-0.39, 0.29) is 17.2 Å². The Morgan fingerprint density at radius 3 is 2.45 bits per heavy atom. The highest BCUT2D eigenvalue weighted by Gasteiger charge is 2.36. The number of amides is 2. The molecule has 0 atom stereocenters. The largest absolute Gasteiger partial charge is 0.278 e. The third-order valence-corrected chi connectivity index (χ3v) is 5.60. The predicted octanol–water partition coefficient (Wildman–Crippen LogP) is 3.41. The molecule has 0 fully saturated rings. The van der Waals surface area contributed by atoms with Crippen LogP contribution in [-0.2, 0) is 11.2 Å². The standard InChI is InChI=1S/C16H20BrNO2/c1-3-16(4-2,10-17)11-18-14(19)9-12-7-5-6-8-13(12)15(18)20/h5-8H,3-4,9-11H2,1-2H3. The molecule has 0 spiro atoms. The van der Waals surface area contributed by atoms with E-state index < -0.39 is 0 Å². The molecule has 0 aromatic heterocycles. The van der Waals surface area contributed by atoms with Crippen molar-refractivity contribution in [3.8, 4) is 0 Å². The van der Waals surface area contributed by atoms with Gasteiger partial charge >= 0.3 is 0 Å². The van der Waals surface area contributed by atoms with Crippen LogP contribution < -0.4 is 0 Å². The van der Waals surface area contributed by atoms with Crippen molar-refractivity contribution in [3.05, 3.63) is 35.4 Å². The van der Waals surface area contributed by atoms with Crippen molar-refractivity contribution in [1.82, 2.24) is 4.90 Å². The van der Waals surface area contributed by atoms with Gasteiger partial charge in [-0.15, -0.1) is 0 Å². The van der Waals surface area contributed by atoms with Crippen molar-refractivity contribution < 1.29 is 9.59 Å². The number of rotatable bonds is 5. The highest BCUT2D eigenvalue weighted by atomic mass is 79.9. The fourth-order valence-electron chi connectivity index (χ4n) is 2.60. The summed E-state index contributed by atoms with van der Waals surface area (Å²) >= 11 is 3.54. The summed E-state index contributed by atoms with van der Waals surface area (Å²) in [7, 11) is 0. The Morgan fingerprint density at radius 2 is 1.85 bits per heavy atom. The lowest BCUT2D eigenvalue weighted by atomic mass is 9.83. The van der Waals surface area contributed by atoms with E-state index >= 15 is 0 Å². The zero-order valence-electron chi connectivity index (χ0n) is 12.0. The fourth-order valence-corrected chi connectivity index (χ4v) is 3.57. The number of benzene rings is 1. The molecule has 0 unspecified atom stereocenters. The average Bonchev–Trinajstić information content (AvgIpc) is 2.48. The van der Waals surface area contributed by atoms with Gasteiger partial charge in [-0.05, 0) is 29.9 Å². The molecule has 2 rings (SSSR count). The normalized spacial score (nSPS) is 15.4. The molecule has 0 bridgehead atoms. The number of imide groups is 1. The van der Waals surface area contributed by atoms with E-state index in [9.17, 15) is 9.59 Å². The molecule has 0 aliphatic carbocycles. The Bertz CT molecular complexity index is 515. The van der Waals surface area contributed by atoms with Gasteiger partial charge in [0.1, 0.15) is 0 Å². The number of hydrogen-bond donors (Lipinski definition) is 0. The van der Waals surface area contributed by atoms with Crippen LogP contribution in [-0.4, -0.2) is 28.6 Å². The molecule has 0 radical (unpaired) electrons. The van der Waals surface area contributed by atoms with Crippen LogP contribution in [0.2, 0.25) is 0 Å². The van der Waals surface area contributed by atoms with Gasteiger partial charge in [-0.1, -0.05) is 48.0 Å². The molecule has 108 valence electrons. The zero-order chi connectivity index (χ0) is 14.8. The number of nitrogens with zero attached hydrogens (tertiary/aromatic N) is 1. The molecular formula is C16H20BrNO2. The van der Waals surface area contributed by atoms with Crippen LogP contribution in [0.5, 0.6) is 0 Å². The molecule has 2 amide bonds. The minimum atomic E-state index is -0.149. The van der Waals surface area contributed by atoms with Gasteiger partial charge in [0.05, 0.1) is 6.42 Å². The third-order valence-electron chi connectivity index (χ3n) is 4.41. The summed E-state index contributed by atoms with van der Waals surface area (Å²) in [5.41, 5.74) is 1.48. The Balaban J connectivity index is 2.30. The number of alkyl halides is 1. The van der Waals surface area contributed by atoms with Crippen molar-refractivity contribution in [3.63, 3.8) is 0 Å². The monoisotopic (exact) mass is 337 g/mol. The number of halogens is 1.